The summed E-state index contributed by atoms with van der Waals surface area (Å²) in [5.41, 5.74) is 3.67. The minimum Gasteiger partial charge on any atom is -0.461 e. The van der Waals surface area contributed by atoms with Gasteiger partial charge in [-0.3, -0.25) is 4.68 Å². The van der Waals surface area contributed by atoms with Crippen molar-refractivity contribution >= 4 is 11.0 Å². The van der Waals surface area contributed by atoms with Gasteiger partial charge in [-0.15, -0.1) is 0 Å². The van der Waals surface area contributed by atoms with Gasteiger partial charge in [0.1, 0.15) is 11.3 Å². The van der Waals surface area contributed by atoms with Crippen molar-refractivity contribution in [1.82, 2.24) is 9.78 Å². The van der Waals surface area contributed by atoms with E-state index in [1.54, 1.807) is 0 Å². The van der Waals surface area contributed by atoms with Gasteiger partial charge in [0.2, 0.25) is 0 Å². The van der Waals surface area contributed by atoms with E-state index in [1.165, 1.54) is 0 Å². The number of hydrogen-bond acceptors (Lipinski definition) is 3. The Kier molecular flexibility index (Phi) is 3.10. The van der Waals surface area contributed by atoms with Gasteiger partial charge >= 0.3 is 0 Å². The van der Waals surface area contributed by atoms with Crippen LogP contribution in [0.1, 0.15) is 28.8 Å². The van der Waals surface area contributed by atoms with E-state index < -0.39 is 6.10 Å². The van der Waals surface area contributed by atoms with Crippen molar-refractivity contribution in [3.63, 3.8) is 0 Å². The zero-order valence-corrected chi connectivity index (χ0v) is 11.9. The van der Waals surface area contributed by atoms with Crippen LogP contribution < -0.4 is 0 Å². The quantitative estimate of drug-likeness (QED) is 0.795. The van der Waals surface area contributed by atoms with Gasteiger partial charge in [-0.25, -0.2) is 0 Å². The molecule has 4 heteroatoms. The number of fused-ring (bicyclic) bond motifs is 1. The van der Waals surface area contributed by atoms with Gasteiger partial charge in [0, 0.05) is 30.1 Å². The lowest BCUT2D eigenvalue weighted by Gasteiger charge is -2.10. The predicted molar refractivity (Wildman–Crippen MR) is 77.6 cm³/mol. The van der Waals surface area contributed by atoms with Crippen molar-refractivity contribution in [3.8, 4) is 0 Å². The summed E-state index contributed by atoms with van der Waals surface area (Å²) in [4.78, 5) is 0. The van der Waals surface area contributed by atoms with Gasteiger partial charge in [0.05, 0.1) is 11.8 Å². The first-order valence-corrected chi connectivity index (χ1v) is 6.72. The van der Waals surface area contributed by atoms with E-state index in [9.17, 15) is 5.11 Å². The maximum Gasteiger partial charge on any atom is 0.134 e. The number of aliphatic hydroxyl groups is 1. The largest absolute Gasteiger partial charge is 0.461 e. The zero-order chi connectivity index (χ0) is 14.3. The Morgan fingerprint density at radius 1 is 1.30 bits per heavy atom. The third kappa shape index (κ3) is 2.12. The van der Waals surface area contributed by atoms with E-state index in [0.717, 1.165) is 33.7 Å². The van der Waals surface area contributed by atoms with E-state index in [-0.39, 0.29) is 0 Å². The number of benzene rings is 1. The molecule has 0 radical (unpaired) electrons. The minimum atomic E-state index is -0.589. The smallest absolute Gasteiger partial charge is 0.134 e. The standard InChI is InChI=1S/C16H18N2O2/c1-10-8-12(18(3)17-10)9-14(19)16-11(2)20-15-7-5-4-6-13(15)16/h4-8,14,19H,9H2,1-3H3. The fourth-order valence-corrected chi connectivity index (χ4v) is 2.76. The predicted octanol–water partition coefficient (Wildman–Crippen LogP) is 3.06. The molecule has 2 heterocycles. The van der Waals surface area contributed by atoms with Crippen LogP contribution in [0.3, 0.4) is 0 Å². The normalized spacial score (nSPS) is 13.0. The maximum atomic E-state index is 10.6. The topological polar surface area (TPSA) is 51.2 Å². The summed E-state index contributed by atoms with van der Waals surface area (Å²) >= 11 is 0. The lowest BCUT2D eigenvalue weighted by atomic mass is 10.0. The molecule has 0 amide bonds. The highest BCUT2D eigenvalue weighted by Gasteiger charge is 2.20. The number of aryl methyl sites for hydroxylation is 3. The van der Waals surface area contributed by atoms with Gasteiger partial charge in [-0.2, -0.15) is 5.10 Å². The first-order chi connectivity index (χ1) is 9.56. The third-order valence-corrected chi connectivity index (χ3v) is 3.65. The van der Waals surface area contributed by atoms with Crippen LogP contribution in [0.15, 0.2) is 34.7 Å². The molecule has 0 aliphatic heterocycles. The molecule has 1 unspecified atom stereocenters. The zero-order valence-electron chi connectivity index (χ0n) is 11.9. The Balaban J connectivity index is 1.98. The number of aromatic nitrogens is 2. The van der Waals surface area contributed by atoms with Crippen LogP contribution in [-0.4, -0.2) is 14.9 Å². The molecular weight excluding hydrogens is 252 g/mol. The average Bonchev–Trinajstić information content (AvgIpc) is 2.88. The minimum absolute atomic E-state index is 0.529. The number of hydrogen-bond donors (Lipinski definition) is 1. The lowest BCUT2D eigenvalue weighted by molar-refractivity contribution is 0.175. The number of rotatable bonds is 3. The highest BCUT2D eigenvalue weighted by atomic mass is 16.3. The average molecular weight is 270 g/mol. The van der Waals surface area contributed by atoms with Gasteiger partial charge < -0.3 is 9.52 Å². The Morgan fingerprint density at radius 3 is 2.75 bits per heavy atom. The molecule has 104 valence electrons. The van der Waals surface area contributed by atoms with E-state index >= 15 is 0 Å². The molecule has 0 fully saturated rings. The SMILES string of the molecule is Cc1cc(CC(O)c2c(C)oc3ccccc23)n(C)n1. The second-order valence-corrected chi connectivity index (χ2v) is 5.19. The molecule has 0 spiro atoms. The van der Waals surface area contributed by atoms with Gasteiger partial charge in [-0.1, -0.05) is 18.2 Å². The molecular formula is C16H18N2O2. The summed E-state index contributed by atoms with van der Waals surface area (Å²) in [6, 6.07) is 9.81. The summed E-state index contributed by atoms with van der Waals surface area (Å²) < 4.78 is 7.53. The first kappa shape index (κ1) is 12.9. The fraction of sp³-hybridized carbons (Fsp3) is 0.312. The molecule has 1 aromatic carbocycles. The van der Waals surface area contributed by atoms with Crippen LogP contribution in [-0.2, 0) is 13.5 Å². The number of nitrogens with zero attached hydrogens (tertiary/aromatic N) is 2. The van der Waals surface area contributed by atoms with Gasteiger partial charge in [0.15, 0.2) is 0 Å². The summed E-state index contributed by atoms with van der Waals surface area (Å²) in [6.45, 7) is 3.85. The van der Waals surface area contributed by atoms with Crippen LogP contribution in [0, 0.1) is 13.8 Å². The molecule has 1 atom stereocenters. The molecule has 0 saturated carbocycles. The molecule has 1 N–H and O–H groups in total. The van der Waals surface area contributed by atoms with Crippen molar-refractivity contribution in [3.05, 3.63) is 53.0 Å². The molecule has 0 bridgehead atoms. The van der Waals surface area contributed by atoms with Crippen LogP contribution in [0.2, 0.25) is 0 Å². The van der Waals surface area contributed by atoms with Crippen molar-refractivity contribution < 1.29 is 9.52 Å². The van der Waals surface area contributed by atoms with Crippen LogP contribution in [0.25, 0.3) is 11.0 Å². The van der Waals surface area contributed by atoms with Crippen molar-refractivity contribution in [2.75, 3.05) is 0 Å². The van der Waals surface area contributed by atoms with Gasteiger partial charge in [-0.05, 0) is 26.0 Å². The summed E-state index contributed by atoms with van der Waals surface area (Å²) in [6.07, 6.45) is -0.0599. The molecule has 0 aliphatic rings. The molecule has 20 heavy (non-hydrogen) atoms. The molecule has 3 rings (SSSR count). The third-order valence-electron chi connectivity index (χ3n) is 3.65. The molecule has 2 aromatic heterocycles. The summed E-state index contributed by atoms with van der Waals surface area (Å²) in [7, 11) is 1.90. The van der Waals surface area contributed by atoms with E-state index in [2.05, 4.69) is 5.10 Å². The van der Waals surface area contributed by atoms with E-state index in [1.807, 2.05) is 55.9 Å². The second-order valence-electron chi connectivity index (χ2n) is 5.19. The van der Waals surface area contributed by atoms with Crippen molar-refractivity contribution in [2.24, 2.45) is 7.05 Å². The van der Waals surface area contributed by atoms with Crippen molar-refractivity contribution in [1.29, 1.82) is 0 Å². The Hall–Kier alpha value is -2.07. The highest BCUT2D eigenvalue weighted by Crippen LogP contribution is 2.32. The first-order valence-electron chi connectivity index (χ1n) is 6.72. The Labute approximate surface area is 117 Å². The van der Waals surface area contributed by atoms with E-state index in [0.29, 0.717) is 6.42 Å². The second kappa shape index (κ2) is 4.80. The van der Waals surface area contributed by atoms with Crippen molar-refractivity contribution in [2.45, 2.75) is 26.4 Å². The highest BCUT2D eigenvalue weighted by molar-refractivity contribution is 5.82. The summed E-state index contributed by atoms with van der Waals surface area (Å²) in [5, 5.41) is 15.9. The van der Waals surface area contributed by atoms with Crippen LogP contribution >= 0.6 is 0 Å². The number of aliphatic hydroxyl groups excluding tert-OH is 1. The Bertz CT molecular complexity index is 755. The number of furan rings is 1. The maximum absolute atomic E-state index is 10.6. The Morgan fingerprint density at radius 2 is 2.05 bits per heavy atom. The molecule has 4 nitrogen and oxygen atoms in total. The molecule has 3 aromatic rings. The number of para-hydroxylation sites is 1. The fourth-order valence-electron chi connectivity index (χ4n) is 2.76. The van der Waals surface area contributed by atoms with Crippen LogP contribution in [0.5, 0.6) is 0 Å². The molecule has 0 aliphatic carbocycles. The summed E-state index contributed by atoms with van der Waals surface area (Å²) in [5.74, 6) is 0.776. The molecule has 0 saturated heterocycles. The monoisotopic (exact) mass is 270 g/mol. The van der Waals surface area contributed by atoms with Gasteiger partial charge in [0.25, 0.3) is 0 Å². The van der Waals surface area contributed by atoms with Crippen LogP contribution in [0.4, 0.5) is 0 Å². The van der Waals surface area contributed by atoms with E-state index in [4.69, 9.17) is 4.42 Å². The lowest BCUT2D eigenvalue weighted by Crippen LogP contribution is -2.07.